The van der Waals surface area contributed by atoms with Gasteiger partial charge in [-0.25, -0.2) is 9.97 Å². The van der Waals surface area contributed by atoms with Crippen molar-refractivity contribution in [1.29, 1.82) is 0 Å². The number of pyridine rings is 4. The van der Waals surface area contributed by atoms with Crippen molar-refractivity contribution in [2.75, 3.05) is 26.2 Å². The first-order valence-electron chi connectivity index (χ1n) is 21.4. The Hall–Kier alpha value is -6.83. The number of tetrazole rings is 1. The van der Waals surface area contributed by atoms with E-state index >= 15 is 0 Å². The van der Waals surface area contributed by atoms with Crippen LogP contribution in [0.4, 0.5) is 0 Å². The van der Waals surface area contributed by atoms with E-state index in [9.17, 15) is 28.8 Å². The zero-order valence-corrected chi connectivity index (χ0v) is 40.4. The normalized spacial score (nSPS) is 14.6. The van der Waals surface area contributed by atoms with Crippen LogP contribution in [0.5, 0.6) is 0 Å². The van der Waals surface area contributed by atoms with E-state index in [2.05, 4.69) is 84.9 Å². The highest BCUT2D eigenvalue weighted by atomic mass is 79.9. The van der Waals surface area contributed by atoms with E-state index in [1.807, 2.05) is 0 Å². The summed E-state index contributed by atoms with van der Waals surface area (Å²) in [5.41, 5.74) is 1.72. The average Bonchev–Trinajstić information content (AvgIpc) is 3.84. The Kier molecular flexibility index (Phi) is 13.6. The molecule has 21 heteroatoms. The van der Waals surface area contributed by atoms with Crippen LogP contribution in [0.25, 0.3) is 33.5 Å². The first-order chi connectivity index (χ1) is 32.3. The number of amides is 4. The number of H-pyrrole nitrogens is 1. The van der Waals surface area contributed by atoms with Crippen LogP contribution in [0.3, 0.4) is 0 Å². The molecular weight excluding hydrogens is 979 g/mol. The molecule has 0 unspecified atom stereocenters. The van der Waals surface area contributed by atoms with Crippen LogP contribution in [0.15, 0.2) is 99.3 Å². The second-order valence-corrected chi connectivity index (χ2v) is 20.1. The number of nitrogens with one attached hydrogen (secondary N) is 3. The molecule has 9 rings (SSSR count). The lowest BCUT2D eigenvalue weighted by atomic mass is 9.84. The van der Waals surface area contributed by atoms with Crippen LogP contribution in [-0.2, 0) is 35.8 Å². The Balaban J connectivity index is 0.000000185. The van der Waals surface area contributed by atoms with E-state index < -0.39 is 22.9 Å². The summed E-state index contributed by atoms with van der Waals surface area (Å²) < 4.78 is 3.24. The number of carbonyl (C=O) groups is 4. The van der Waals surface area contributed by atoms with Gasteiger partial charge in [-0.3, -0.25) is 37.9 Å². The molecule has 2 aromatic carbocycles. The fourth-order valence-electron chi connectivity index (χ4n) is 8.09. The first-order valence-corrected chi connectivity index (χ1v) is 23.0. The maximum Gasteiger partial charge on any atom is 0.265 e. The predicted molar refractivity (Wildman–Crippen MR) is 259 cm³/mol. The Morgan fingerprint density at radius 2 is 1.10 bits per heavy atom. The van der Waals surface area contributed by atoms with Gasteiger partial charge < -0.3 is 20.4 Å². The summed E-state index contributed by atoms with van der Waals surface area (Å²) in [6.07, 6.45) is 3.07. The number of aromatic nitrogens is 8. The monoisotopic (exact) mass is 1020 g/mol. The van der Waals surface area contributed by atoms with Crippen molar-refractivity contribution in [2.24, 2.45) is 10.8 Å². The molecule has 68 heavy (non-hydrogen) atoms. The van der Waals surface area contributed by atoms with E-state index in [0.29, 0.717) is 68.5 Å². The number of benzene rings is 2. The molecule has 0 saturated carbocycles. The fourth-order valence-corrected chi connectivity index (χ4v) is 8.69. The lowest BCUT2D eigenvalue weighted by Gasteiger charge is -2.45. The van der Waals surface area contributed by atoms with Gasteiger partial charge in [0, 0.05) is 82.5 Å². The molecule has 7 heterocycles. The molecule has 2 fully saturated rings. The van der Waals surface area contributed by atoms with E-state index in [0.717, 1.165) is 11.1 Å². The summed E-state index contributed by atoms with van der Waals surface area (Å²) in [4.78, 5) is 90.5. The summed E-state index contributed by atoms with van der Waals surface area (Å²) in [6, 6.07) is 20.5. The minimum atomic E-state index is -0.593. The lowest BCUT2D eigenvalue weighted by molar-refractivity contribution is -0.142. The molecule has 0 atom stereocenters. The molecule has 0 spiro atoms. The highest BCUT2D eigenvalue weighted by Crippen LogP contribution is 2.30. The van der Waals surface area contributed by atoms with Gasteiger partial charge >= 0.3 is 0 Å². The fraction of sp³-hybridized carbons (Fsp3) is 0.298. The van der Waals surface area contributed by atoms with Crippen molar-refractivity contribution in [3.05, 3.63) is 143 Å². The van der Waals surface area contributed by atoms with Gasteiger partial charge in [-0.1, -0.05) is 75.2 Å². The SMILES string of the molecule is CC1(C)CN(C(=O)Cn2c(=O)c(C(=O)NCc3ccc(Cl)cc3)cc3cc(-c4nn[nH]n4)cnc32)C1.CC1(C)CN(C(=O)Cn2c(=O)c(C(=O)NCc3ccc(Cl)cc3)cc3cc(Br)cnc32)C1. The molecule has 5 aromatic heterocycles. The summed E-state index contributed by atoms with van der Waals surface area (Å²) in [5, 5.41) is 21.7. The molecule has 3 N–H and O–H groups in total. The highest BCUT2D eigenvalue weighted by molar-refractivity contribution is 9.10. The molecule has 0 bridgehead atoms. The van der Waals surface area contributed by atoms with Crippen LogP contribution < -0.4 is 21.8 Å². The van der Waals surface area contributed by atoms with Gasteiger partial charge in [-0.2, -0.15) is 5.21 Å². The van der Waals surface area contributed by atoms with Crippen LogP contribution in [0.2, 0.25) is 10.0 Å². The number of likely N-dealkylation sites (tertiary alicyclic amines) is 2. The molecule has 0 radical (unpaired) electrons. The van der Waals surface area contributed by atoms with Gasteiger partial charge in [0.15, 0.2) is 0 Å². The van der Waals surface area contributed by atoms with E-state index in [-0.39, 0.29) is 65.6 Å². The number of halogens is 3. The van der Waals surface area contributed by atoms with Crippen molar-refractivity contribution in [3.63, 3.8) is 0 Å². The minimum Gasteiger partial charge on any atom is -0.348 e. The average molecular weight is 1020 g/mol. The van der Waals surface area contributed by atoms with Gasteiger partial charge in [-0.05, 0) is 91.6 Å². The summed E-state index contributed by atoms with van der Waals surface area (Å²) >= 11 is 15.2. The molecule has 0 aliphatic carbocycles. The third-order valence-electron chi connectivity index (χ3n) is 11.4. The zero-order chi connectivity index (χ0) is 48.5. The van der Waals surface area contributed by atoms with Gasteiger partial charge in [0.1, 0.15) is 35.5 Å². The number of aromatic amines is 1. The number of rotatable bonds is 11. The molecule has 350 valence electrons. The number of nitrogens with zero attached hydrogens (tertiary/aromatic N) is 9. The molecule has 18 nitrogen and oxygen atoms in total. The first kappa shape index (κ1) is 47.7. The van der Waals surface area contributed by atoms with E-state index in [1.165, 1.54) is 27.5 Å². The third-order valence-corrected chi connectivity index (χ3v) is 12.3. The Morgan fingerprint density at radius 3 is 1.53 bits per heavy atom. The molecule has 4 amide bonds. The van der Waals surface area contributed by atoms with Crippen LogP contribution >= 0.6 is 39.1 Å². The smallest absolute Gasteiger partial charge is 0.265 e. The molecule has 2 saturated heterocycles. The second-order valence-electron chi connectivity index (χ2n) is 18.3. The second kappa shape index (κ2) is 19.4. The lowest BCUT2D eigenvalue weighted by Crippen LogP contribution is -2.56. The van der Waals surface area contributed by atoms with Gasteiger partial charge in [-0.15, -0.1) is 10.2 Å². The number of hydrogen-bond acceptors (Lipinski definition) is 11. The molecule has 2 aliphatic heterocycles. The van der Waals surface area contributed by atoms with Crippen molar-refractivity contribution in [3.8, 4) is 11.4 Å². The van der Waals surface area contributed by atoms with Crippen LogP contribution in [-0.4, -0.2) is 99.3 Å². The number of carbonyl (C=O) groups excluding carboxylic acids is 4. The van der Waals surface area contributed by atoms with Gasteiger partial charge in [0.05, 0.1) is 0 Å². The standard InChI is InChI=1S/C24H23ClN8O3.C23H22BrClN4O3/c1-24(2)12-32(13-24)19(34)11-33-21-15(7-16(10-26-21)20-28-30-31-29-20)8-18(23(33)36)22(35)27-9-14-3-5-17(25)6-4-14;1-23(2)12-28(13-23)19(30)11-29-20-15(7-16(24)10-26-20)8-18(22(29)32)21(31)27-9-14-3-5-17(25)6-4-14/h3-8,10H,9,11-13H2,1-2H3,(H,27,35)(H,28,29,30,31);3-8,10H,9,11-13H2,1-2H3,(H,27,31). The van der Waals surface area contributed by atoms with Crippen molar-refractivity contribution < 1.29 is 19.2 Å². The number of hydrogen-bond donors (Lipinski definition) is 3. The Labute approximate surface area is 407 Å². The van der Waals surface area contributed by atoms with Crippen LogP contribution in [0, 0.1) is 10.8 Å². The summed E-state index contributed by atoms with van der Waals surface area (Å²) in [5.74, 6) is -1.14. The maximum absolute atomic E-state index is 13.4. The Bertz CT molecular complexity index is 3200. The van der Waals surface area contributed by atoms with E-state index in [4.69, 9.17) is 23.2 Å². The summed E-state index contributed by atoms with van der Waals surface area (Å²) in [6.45, 7) is 10.9. The maximum atomic E-state index is 13.4. The topological polar surface area (TPSA) is 223 Å². The van der Waals surface area contributed by atoms with Gasteiger partial charge in [0.2, 0.25) is 17.6 Å². The Morgan fingerprint density at radius 1 is 0.662 bits per heavy atom. The number of fused-ring (bicyclic) bond motifs is 2. The van der Waals surface area contributed by atoms with Crippen LogP contribution in [0.1, 0.15) is 59.5 Å². The largest absolute Gasteiger partial charge is 0.348 e. The quantitative estimate of drug-likeness (QED) is 0.144. The minimum absolute atomic E-state index is 0.0388. The predicted octanol–water partition coefficient (Wildman–Crippen LogP) is 5.64. The zero-order valence-electron chi connectivity index (χ0n) is 37.3. The highest BCUT2D eigenvalue weighted by Gasteiger charge is 2.38. The van der Waals surface area contributed by atoms with E-state index in [1.54, 1.807) is 76.7 Å². The summed E-state index contributed by atoms with van der Waals surface area (Å²) in [7, 11) is 0. The molecule has 2 aliphatic rings. The molecule has 7 aromatic rings. The van der Waals surface area contributed by atoms with Crippen molar-refractivity contribution >= 4 is 84.8 Å². The third kappa shape index (κ3) is 10.8. The molecular formula is C47H45BrCl2N12O6. The van der Waals surface area contributed by atoms with Gasteiger partial charge in [0.25, 0.3) is 22.9 Å². The van der Waals surface area contributed by atoms with Crippen molar-refractivity contribution in [2.45, 2.75) is 53.9 Å². The van der Waals surface area contributed by atoms with Crippen molar-refractivity contribution in [1.82, 2.24) is 60.2 Å².